The van der Waals surface area contributed by atoms with Gasteiger partial charge in [0.1, 0.15) is 12.8 Å². The van der Waals surface area contributed by atoms with Crippen molar-refractivity contribution in [2.24, 2.45) is 0 Å². The highest BCUT2D eigenvalue weighted by Crippen LogP contribution is 2.22. The zero-order valence-electron chi connectivity index (χ0n) is 4.26. The Morgan fingerprint density at radius 2 is 2.57 bits per heavy atom. The molecule has 2 nitrogen and oxygen atoms in total. The zero-order valence-corrected chi connectivity index (χ0v) is 5.15. The third kappa shape index (κ3) is 2.00. The first-order chi connectivity index (χ1) is 3.29. The fourth-order valence-electron chi connectivity index (χ4n) is 0.460. The Morgan fingerprint density at radius 1 is 2.00 bits per heavy atom. The smallest absolute Gasteiger partial charge is 0.338 e. The molecule has 2 unspecified atom stereocenters. The summed E-state index contributed by atoms with van der Waals surface area (Å²) in [6.45, 7) is 2.56. The van der Waals surface area contributed by atoms with Crippen LogP contribution >= 0.6 is 7.80 Å². The zero-order chi connectivity index (χ0) is 5.28. The van der Waals surface area contributed by atoms with Crippen LogP contribution in [0.5, 0.6) is 0 Å². The number of rotatable bonds is 2. The van der Waals surface area contributed by atoms with Gasteiger partial charge in [-0.2, -0.15) is 0 Å². The molecule has 0 aromatic carbocycles. The highest BCUT2D eigenvalue weighted by atomic mass is 31.1. The Kier molecular flexibility index (Phi) is 1.40. The summed E-state index contributed by atoms with van der Waals surface area (Å²) in [5.74, 6) is 0. The normalized spacial score (nSPS) is 29.9. The molecule has 0 saturated carbocycles. The molecule has 1 aliphatic heterocycles. The van der Waals surface area contributed by atoms with Gasteiger partial charge in [-0.25, -0.2) is 0 Å². The van der Waals surface area contributed by atoms with Crippen molar-refractivity contribution >= 4 is 7.80 Å². The van der Waals surface area contributed by atoms with E-state index in [4.69, 9.17) is 4.74 Å². The Morgan fingerprint density at radius 3 is 2.71 bits per heavy atom. The summed E-state index contributed by atoms with van der Waals surface area (Å²) >= 11 is 0. The van der Waals surface area contributed by atoms with Gasteiger partial charge < -0.3 is 4.74 Å². The predicted octanol–water partition coefficient (Wildman–Crippen LogP) is 0.842. The summed E-state index contributed by atoms with van der Waals surface area (Å²) in [5.41, 5.74) is 0. The molecule has 0 N–H and O–H groups in total. The van der Waals surface area contributed by atoms with Crippen LogP contribution < -0.4 is 0 Å². The predicted molar refractivity (Wildman–Crippen MR) is 28.1 cm³/mol. The van der Waals surface area contributed by atoms with Gasteiger partial charge in [0.15, 0.2) is 6.16 Å². The monoisotopic (exact) mass is 119 g/mol. The lowest BCUT2D eigenvalue weighted by atomic mass is 10.6. The van der Waals surface area contributed by atoms with Crippen molar-refractivity contribution in [2.45, 2.75) is 6.10 Å². The van der Waals surface area contributed by atoms with E-state index in [0.717, 1.165) is 12.8 Å². The fraction of sp³-hybridized carbons (Fsp3) is 1.00. The molecule has 1 saturated heterocycles. The topological polar surface area (TPSA) is 29.6 Å². The molecule has 3 heteroatoms. The van der Waals surface area contributed by atoms with Crippen molar-refractivity contribution in [1.29, 1.82) is 0 Å². The van der Waals surface area contributed by atoms with Crippen LogP contribution in [0.3, 0.4) is 0 Å². The van der Waals surface area contributed by atoms with Crippen LogP contribution in [0.1, 0.15) is 0 Å². The molecule has 0 bridgehead atoms. The van der Waals surface area contributed by atoms with Crippen LogP contribution in [0.15, 0.2) is 0 Å². The molecule has 0 aromatic rings. The quantitative estimate of drug-likeness (QED) is 0.398. The molecule has 7 heavy (non-hydrogen) atoms. The number of hydrogen-bond donors (Lipinski definition) is 0. The van der Waals surface area contributed by atoms with E-state index in [0.29, 0.717) is 6.10 Å². The van der Waals surface area contributed by atoms with Crippen LogP contribution in [0.2, 0.25) is 0 Å². The van der Waals surface area contributed by atoms with Gasteiger partial charge in [0.05, 0.1) is 6.61 Å². The number of hydrogen-bond acceptors (Lipinski definition) is 2. The van der Waals surface area contributed by atoms with E-state index in [1.165, 1.54) is 0 Å². The van der Waals surface area contributed by atoms with Gasteiger partial charge in [-0.05, 0) is 0 Å². The van der Waals surface area contributed by atoms with Crippen LogP contribution in [0.25, 0.3) is 0 Å². The lowest BCUT2D eigenvalue weighted by Gasteiger charge is -1.69. The maximum Gasteiger partial charge on any atom is 0.338 e. The van der Waals surface area contributed by atoms with Crippen LogP contribution in [-0.4, -0.2) is 25.5 Å². The maximum absolute atomic E-state index is 10.4. The largest absolute Gasteiger partial charge is 0.369 e. The van der Waals surface area contributed by atoms with Gasteiger partial charge in [-0.15, -0.1) is 0 Å². The first-order valence-electron chi connectivity index (χ1n) is 2.29. The second-order valence-corrected chi connectivity index (χ2v) is 3.39. The molecule has 0 amide bonds. The van der Waals surface area contributed by atoms with E-state index in [1.807, 2.05) is 0 Å². The van der Waals surface area contributed by atoms with Crippen LogP contribution in [0.4, 0.5) is 0 Å². The fourth-order valence-corrected chi connectivity index (χ4v) is 1.24. The molecule has 1 rings (SSSR count). The summed E-state index contributed by atoms with van der Waals surface area (Å²) in [4.78, 5) is 0. The number of ether oxygens (including phenoxy) is 1. The third-order valence-electron chi connectivity index (χ3n) is 0.863. The molecule has 1 aliphatic rings. The average molecular weight is 119 g/mol. The minimum absolute atomic E-state index is 0.341. The lowest BCUT2D eigenvalue weighted by molar-refractivity contribution is 0.423. The highest BCUT2D eigenvalue weighted by Gasteiger charge is 2.29. The summed E-state index contributed by atoms with van der Waals surface area (Å²) in [6, 6.07) is 0. The van der Waals surface area contributed by atoms with Gasteiger partial charge in [0.2, 0.25) is 0 Å². The molecule has 2 atom stereocenters. The average Bonchev–Trinajstić information content (AvgIpc) is 2.17. The first-order valence-corrected chi connectivity index (χ1v) is 4.18. The van der Waals surface area contributed by atoms with Gasteiger partial charge in [-0.3, -0.25) is 0 Å². The Labute approximate surface area is 43.6 Å². The van der Waals surface area contributed by atoms with E-state index in [-0.39, 0.29) is 0 Å². The van der Waals surface area contributed by atoms with Gasteiger partial charge in [-0.1, -0.05) is 4.57 Å². The van der Waals surface area contributed by atoms with Gasteiger partial charge in [0, 0.05) is 0 Å². The summed E-state index contributed by atoms with van der Waals surface area (Å²) in [6.07, 6.45) is 1.10. The van der Waals surface area contributed by atoms with Crippen molar-refractivity contribution in [3.05, 3.63) is 0 Å². The maximum atomic E-state index is 10.4. The third-order valence-corrected chi connectivity index (χ3v) is 1.78. The minimum Gasteiger partial charge on any atom is -0.369 e. The Balaban J connectivity index is 2.08. The molecule has 1 fully saturated rings. The van der Waals surface area contributed by atoms with Crippen molar-refractivity contribution < 1.29 is 9.30 Å². The number of epoxide rings is 1. The van der Waals surface area contributed by atoms with Crippen molar-refractivity contribution in [3.63, 3.8) is 0 Å². The summed E-state index contributed by atoms with van der Waals surface area (Å²) in [7, 11) is -0.952. The second-order valence-electron chi connectivity index (χ2n) is 1.77. The van der Waals surface area contributed by atoms with Gasteiger partial charge >= 0.3 is 7.80 Å². The minimum atomic E-state index is -0.952. The molecule has 0 spiro atoms. The van der Waals surface area contributed by atoms with E-state index >= 15 is 0 Å². The Hall–Kier alpha value is 0.0600. The summed E-state index contributed by atoms with van der Waals surface area (Å²) in [5, 5.41) is 0. The van der Waals surface area contributed by atoms with Crippen LogP contribution in [-0.2, 0) is 9.30 Å². The molecule has 0 aromatic heterocycles. The molecular weight excluding hydrogens is 111 g/mol. The molecule has 1 heterocycles. The molecule has 0 aliphatic carbocycles. The van der Waals surface area contributed by atoms with E-state index in [2.05, 4.69) is 0 Å². The van der Waals surface area contributed by atoms with Crippen molar-refractivity contribution in [3.8, 4) is 0 Å². The standard InChI is InChI=1S/C4H8O2P/c1-7(5)3-4-2-6-4/h4H,2-3H2,1H3/q+1. The van der Waals surface area contributed by atoms with Crippen molar-refractivity contribution in [2.75, 3.05) is 19.4 Å². The molecule has 0 radical (unpaired) electrons. The molecule has 40 valence electrons. The van der Waals surface area contributed by atoms with Crippen LogP contribution in [0, 0.1) is 0 Å². The van der Waals surface area contributed by atoms with Gasteiger partial charge in [0.25, 0.3) is 0 Å². The molecular formula is C4H8O2P+. The second kappa shape index (κ2) is 1.89. The van der Waals surface area contributed by atoms with E-state index in [9.17, 15) is 4.57 Å². The van der Waals surface area contributed by atoms with E-state index < -0.39 is 7.80 Å². The SMILES string of the molecule is C[P+](=O)CC1CO1. The summed E-state index contributed by atoms with van der Waals surface area (Å²) < 4.78 is 15.2. The van der Waals surface area contributed by atoms with E-state index in [1.54, 1.807) is 6.66 Å². The highest BCUT2D eigenvalue weighted by molar-refractivity contribution is 7.43. The Bertz CT molecular complexity index is 87.7. The first kappa shape index (κ1) is 5.20. The van der Waals surface area contributed by atoms with Crippen molar-refractivity contribution in [1.82, 2.24) is 0 Å². The lowest BCUT2D eigenvalue weighted by Crippen LogP contribution is -1.85.